The van der Waals surface area contributed by atoms with E-state index in [1.807, 2.05) is 6.92 Å². The third kappa shape index (κ3) is 3.77. The average molecular weight is 318 g/mol. The number of nitrogens with one attached hydrogen (secondary N) is 1. The lowest BCUT2D eigenvalue weighted by Gasteiger charge is -2.12. The number of alkyl halides is 3. The molecular formula is C13H11ClF3N3O. The van der Waals surface area contributed by atoms with E-state index in [2.05, 4.69) is 10.4 Å². The van der Waals surface area contributed by atoms with Crippen LogP contribution in [0.15, 0.2) is 30.3 Å². The summed E-state index contributed by atoms with van der Waals surface area (Å²) in [4.78, 5) is 3.81. The number of aromatic nitrogens is 1. The van der Waals surface area contributed by atoms with E-state index >= 15 is 0 Å². The molecule has 2 rings (SSSR count). The van der Waals surface area contributed by atoms with E-state index in [-0.39, 0.29) is 22.5 Å². The van der Waals surface area contributed by atoms with Gasteiger partial charge in [0.05, 0.1) is 10.6 Å². The summed E-state index contributed by atoms with van der Waals surface area (Å²) >= 11 is 5.97. The van der Waals surface area contributed by atoms with E-state index in [0.29, 0.717) is 0 Å². The molecule has 0 aliphatic carbocycles. The van der Waals surface area contributed by atoms with Crippen LogP contribution in [0.1, 0.15) is 11.1 Å². The Balaban J connectivity index is 2.39. The molecule has 8 heteroatoms. The second-order valence-corrected chi connectivity index (χ2v) is 4.66. The van der Waals surface area contributed by atoms with E-state index in [1.165, 1.54) is 0 Å². The van der Waals surface area contributed by atoms with Crippen molar-refractivity contribution in [2.24, 2.45) is 5.84 Å². The Labute approximate surface area is 123 Å². The standard InChI is InChI=1S/C13H11ClF3N3O/c1-7-2-3-10(9(14)4-7)21-12-6-8(13(15,16)17)5-11(19-12)20-18/h2-6H,18H2,1H3,(H,19,20). The van der Waals surface area contributed by atoms with Gasteiger partial charge in [-0.15, -0.1) is 0 Å². The van der Waals surface area contributed by atoms with Gasteiger partial charge in [0.2, 0.25) is 5.88 Å². The summed E-state index contributed by atoms with van der Waals surface area (Å²) < 4.78 is 43.6. The predicted octanol–water partition coefficient (Wildman–Crippen LogP) is 4.14. The lowest BCUT2D eigenvalue weighted by Crippen LogP contribution is -2.12. The Morgan fingerprint density at radius 1 is 1.24 bits per heavy atom. The molecule has 0 aliphatic rings. The highest BCUT2D eigenvalue weighted by molar-refractivity contribution is 6.32. The molecule has 1 heterocycles. The third-order valence-corrected chi connectivity index (χ3v) is 2.87. The van der Waals surface area contributed by atoms with E-state index in [0.717, 1.165) is 17.7 Å². The van der Waals surface area contributed by atoms with Crippen molar-refractivity contribution in [3.05, 3.63) is 46.5 Å². The van der Waals surface area contributed by atoms with Crippen LogP contribution < -0.4 is 16.0 Å². The summed E-state index contributed by atoms with van der Waals surface area (Å²) in [5.41, 5.74) is 2.04. The molecule has 4 nitrogen and oxygen atoms in total. The van der Waals surface area contributed by atoms with E-state index in [1.54, 1.807) is 18.2 Å². The quantitative estimate of drug-likeness (QED) is 0.660. The summed E-state index contributed by atoms with van der Waals surface area (Å²) in [6.07, 6.45) is -4.54. The molecule has 0 amide bonds. The van der Waals surface area contributed by atoms with Crippen LogP contribution in [0, 0.1) is 6.92 Å². The average Bonchev–Trinajstić information content (AvgIpc) is 2.40. The van der Waals surface area contributed by atoms with Gasteiger partial charge in [-0.25, -0.2) is 5.84 Å². The molecule has 2 aromatic rings. The number of anilines is 1. The molecule has 1 aromatic heterocycles. The Kier molecular flexibility index (Phi) is 4.24. The van der Waals surface area contributed by atoms with E-state index < -0.39 is 11.7 Å². The number of hydrazine groups is 1. The van der Waals surface area contributed by atoms with Crippen molar-refractivity contribution in [3.8, 4) is 11.6 Å². The number of halogens is 4. The first-order valence-corrected chi connectivity index (χ1v) is 6.17. The topological polar surface area (TPSA) is 60.2 Å². The summed E-state index contributed by atoms with van der Waals surface area (Å²) in [5, 5.41) is 0.275. The van der Waals surface area contributed by atoms with Crippen molar-refractivity contribution in [2.75, 3.05) is 5.43 Å². The van der Waals surface area contributed by atoms with Gasteiger partial charge in [0, 0.05) is 6.07 Å². The minimum Gasteiger partial charge on any atom is -0.437 e. The molecule has 1 aromatic carbocycles. The van der Waals surface area contributed by atoms with Gasteiger partial charge in [0.15, 0.2) is 0 Å². The van der Waals surface area contributed by atoms with Gasteiger partial charge in [-0.3, -0.25) is 0 Å². The fourth-order valence-electron chi connectivity index (χ4n) is 1.60. The molecule has 0 saturated carbocycles. The van der Waals surface area contributed by atoms with Gasteiger partial charge in [0.1, 0.15) is 11.6 Å². The van der Waals surface area contributed by atoms with Crippen LogP contribution in [0.4, 0.5) is 19.0 Å². The molecule has 0 bridgehead atoms. The van der Waals surface area contributed by atoms with Gasteiger partial charge in [0.25, 0.3) is 0 Å². The van der Waals surface area contributed by atoms with Gasteiger partial charge < -0.3 is 10.2 Å². The second-order valence-electron chi connectivity index (χ2n) is 4.26. The number of nitrogen functional groups attached to an aromatic ring is 1. The zero-order chi connectivity index (χ0) is 15.6. The molecule has 21 heavy (non-hydrogen) atoms. The minimum absolute atomic E-state index is 0.164. The summed E-state index contributed by atoms with van der Waals surface area (Å²) in [6.45, 7) is 1.83. The molecular weight excluding hydrogens is 307 g/mol. The first kappa shape index (κ1) is 15.4. The minimum atomic E-state index is -4.54. The number of hydrogen-bond acceptors (Lipinski definition) is 4. The van der Waals surface area contributed by atoms with Gasteiger partial charge in [-0.2, -0.15) is 18.2 Å². The number of rotatable bonds is 3. The Morgan fingerprint density at radius 2 is 1.95 bits per heavy atom. The first-order valence-electron chi connectivity index (χ1n) is 5.79. The van der Waals surface area contributed by atoms with Crippen LogP contribution in [-0.4, -0.2) is 4.98 Å². The summed E-state index contributed by atoms with van der Waals surface area (Å²) in [5.74, 6) is 4.89. The van der Waals surface area contributed by atoms with E-state index in [9.17, 15) is 13.2 Å². The Hall–Kier alpha value is -1.99. The smallest absolute Gasteiger partial charge is 0.416 e. The molecule has 3 N–H and O–H groups in total. The van der Waals surface area contributed by atoms with Crippen molar-refractivity contribution in [1.82, 2.24) is 4.98 Å². The van der Waals surface area contributed by atoms with Crippen LogP contribution in [0.3, 0.4) is 0 Å². The van der Waals surface area contributed by atoms with E-state index in [4.69, 9.17) is 22.2 Å². The highest BCUT2D eigenvalue weighted by Gasteiger charge is 2.32. The highest BCUT2D eigenvalue weighted by atomic mass is 35.5. The lowest BCUT2D eigenvalue weighted by molar-refractivity contribution is -0.137. The first-order chi connectivity index (χ1) is 9.79. The molecule has 0 fully saturated rings. The van der Waals surface area contributed by atoms with Gasteiger partial charge >= 0.3 is 6.18 Å². The number of ether oxygens (including phenoxy) is 1. The Morgan fingerprint density at radius 3 is 2.52 bits per heavy atom. The monoisotopic (exact) mass is 317 g/mol. The molecule has 0 spiro atoms. The normalized spacial score (nSPS) is 11.3. The zero-order valence-corrected chi connectivity index (χ0v) is 11.6. The van der Waals surface area contributed by atoms with Crippen LogP contribution in [0.25, 0.3) is 0 Å². The maximum absolute atomic E-state index is 12.8. The summed E-state index contributed by atoms with van der Waals surface area (Å²) in [7, 11) is 0. The third-order valence-electron chi connectivity index (χ3n) is 2.58. The maximum Gasteiger partial charge on any atom is 0.416 e. The fraction of sp³-hybridized carbons (Fsp3) is 0.154. The summed E-state index contributed by atoms with van der Waals surface area (Å²) in [6, 6.07) is 6.46. The Bertz CT molecular complexity index is 662. The maximum atomic E-state index is 12.8. The highest BCUT2D eigenvalue weighted by Crippen LogP contribution is 2.35. The zero-order valence-electron chi connectivity index (χ0n) is 10.8. The van der Waals surface area contributed by atoms with Crippen molar-refractivity contribution in [3.63, 3.8) is 0 Å². The van der Waals surface area contributed by atoms with Crippen LogP contribution in [0.2, 0.25) is 5.02 Å². The second kappa shape index (κ2) is 5.79. The molecule has 0 atom stereocenters. The molecule has 0 aliphatic heterocycles. The largest absolute Gasteiger partial charge is 0.437 e. The number of benzene rings is 1. The predicted molar refractivity (Wildman–Crippen MR) is 73.3 cm³/mol. The van der Waals surface area contributed by atoms with Crippen molar-refractivity contribution in [2.45, 2.75) is 13.1 Å². The van der Waals surface area contributed by atoms with Crippen LogP contribution >= 0.6 is 11.6 Å². The van der Waals surface area contributed by atoms with Crippen LogP contribution in [0.5, 0.6) is 11.6 Å². The van der Waals surface area contributed by atoms with Gasteiger partial charge in [-0.05, 0) is 30.7 Å². The molecule has 0 radical (unpaired) electrons. The van der Waals surface area contributed by atoms with Crippen molar-refractivity contribution >= 4 is 17.4 Å². The molecule has 0 saturated heterocycles. The van der Waals surface area contributed by atoms with Crippen molar-refractivity contribution < 1.29 is 17.9 Å². The molecule has 112 valence electrons. The van der Waals surface area contributed by atoms with Crippen molar-refractivity contribution in [1.29, 1.82) is 0 Å². The number of aryl methyl sites for hydroxylation is 1. The SMILES string of the molecule is Cc1ccc(Oc2cc(C(F)(F)F)cc(NN)n2)c(Cl)c1. The number of pyridine rings is 1. The van der Waals surface area contributed by atoms with Crippen LogP contribution in [-0.2, 0) is 6.18 Å². The molecule has 0 unspecified atom stereocenters. The fourth-order valence-corrected chi connectivity index (χ4v) is 1.87. The van der Waals surface area contributed by atoms with Gasteiger partial charge in [-0.1, -0.05) is 17.7 Å². The number of nitrogens with two attached hydrogens (primary N) is 1. The number of nitrogens with zero attached hydrogens (tertiary/aromatic N) is 1. The lowest BCUT2D eigenvalue weighted by atomic mass is 10.2. The number of hydrogen-bond donors (Lipinski definition) is 2.